The van der Waals surface area contributed by atoms with Crippen LogP contribution in [0.25, 0.3) is 5.52 Å². The molecule has 0 spiro atoms. The first kappa shape index (κ1) is 21.6. The number of aromatic nitrogens is 3. The summed E-state index contributed by atoms with van der Waals surface area (Å²) in [5.74, 6) is 0.478. The van der Waals surface area contributed by atoms with Gasteiger partial charge < -0.3 is 20.7 Å². The number of fused-ring (bicyclic) bond motifs is 1. The van der Waals surface area contributed by atoms with Crippen LogP contribution in [0.4, 0.5) is 5.82 Å². The van der Waals surface area contributed by atoms with Crippen molar-refractivity contribution in [2.75, 3.05) is 19.5 Å². The fourth-order valence-electron chi connectivity index (χ4n) is 2.77. The normalized spacial score (nSPS) is 15.7. The quantitative estimate of drug-likeness (QED) is 0.420. The summed E-state index contributed by atoms with van der Waals surface area (Å²) in [4.78, 5) is 3.85. The smallest absolute Gasteiger partial charge is 0.386 e. The van der Waals surface area contributed by atoms with Gasteiger partial charge in [0.1, 0.15) is 30.1 Å². The van der Waals surface area contributed by atoms with E-state index >= 15 is 0 Å². The van der Waals surface area contributed by atoms with Gasteiger partial charge in [-0.1, -0.05) is 18.2 Å². The van der Waals surface area contributed by atoms with Gasteiger partial charge in [0.05, 0.1) is 5.69 Å². The Morgan fingerprint density at radius 3 is 2.70 bits per heavy atom. The highest BCUT2D eigenvalue weighted by Crippen LogP contribution is 2.33. The van der Waals surface area contributed by atoms with Crippen LogP contribution in [0.15, 0.2) is 48.8 Å². The van der Waals surface area contributed by atoms with Gasteiger partial charge >= 0.3 is 8.25 Å². The highest BCUT2D eigenvalue weighted by molar-refractivity contribution is 7.33. The molecule has 0 fully saturated rings. The molecule has 0 aliphatic carbocycles. The Morgan fingerprint density at radius 2 is 2.03 bits per heavy atom. The SMILES string of the molecule is COC(C#N)(CO[P+](=O)Oc1ccccc1)[C@@H](O)[C@@H](O)c1ccc2c(N)ncnn12. The first-order valence-corrected chi connectivity index (χ1v) is 9.75. The van der Waals surface area contributed by atoms with Gasteiger partial charge in [-0.15, -0.1) is 4.52 Å². The van der Waals surface area contributed by atoms with Crippen molar-refractivity contribution in [2.45, 2.75) is 17.8 Å². The van der Waals surface area contributed by atoms with E-state index in [9.17, 15) is 20.0 Å². The summed E-state index contributed by atoms with van der Waals surface area (Å²) in [5, 5.41) is 35.1. The number of nitrogens with zero attached hydrogens (tertiary/aromatic N) is 4. The van der Waals surface area contributed by atoms with Crippen molar-refractivity contribution in [3.63, 3.8) is 0 Å². The van der Waals surface area contributed by atoms with Gasteiger partial charge in [0.25, 0.3) is 0 Å². The van der Waals surface area contributed by atoms with Crippen molar-refractivity contribution >= 4 is 19.6 Å². The van der Waals surface area contributed by atoms with Gasteiger partial charge in [0, 0.05) is 11.7 Å². The lowest BCUT2D eigenvalue weighted by atomic mass is 9.93. The topological polar surface area (TPSA) is 165 Å². The summed E-state index contributed by atoms with van der Waals surface area (Å²) in [6.45, 7) is -0.638. The predicted molar refractivity (Wildman–Crippen MR) is 104 cm³/mol. The number of nitrogens with two attached hydrogens (primary N) is 1. The summed E-state index contributed by atoms with van der Waals surface area (Å²) < 4.78 is 28.8. The van der Waals surface area contributed by atoms with E-state index in [2.05, 4.69) is 10.1 Å². The van der Waals surface area contributed by atoms with Crippen molar-refractivity contribution < 1.29 is 28.6 Å². The zero-order valence-corrected chi connectivity index (χ0v) is 16.7. The number of methoxy groups -OCH3 is 1. The number of aliphatic hydroxyl groups is 2. The molecule has 156 valence electrons. The van der Waals surface area contributed by atoms with Crippen molar-refractivity contribution in [1.82, 2.24) is 14.6 Å². The number of nitrogen functional groups attached to an aromatic ring is 1. The first-order valence-electron chi connectivity index (χ1n) is 8.65. The average molecular weight is 432 g/mol. The maximum Gasteiger partial charge on any atom is 0.750 e. The van der Waals surface area contributed by atoms with E-state index in [1.807, 2.05) is 0 Å². The van der Waals surface area contributed by atoms with Crippen LogP contribution in [-0.2, 0) is 13.8 Å². The fourth-order valence-corrected chi connectivity index (χ4v) is 3.41. The molecule has 0 saturated heterocycles. The van der Waals surface area contributed by atoms with E-state index in [4.69, 9.17) is 19.5 Å². The second kappa shape index (κ2) is 9.13. The van der Waals surface area contributed by atoms with Gasteiger partial charge in [-0.05, 0) is 24.3 Å². The van der Waals surface area contributed by atoms with E-state index < -0.39 is 32.7 Å². The van der Waals surface area contributed by atoms with E-state index in [1.54, 1.807) is 42.5 Å². The van der Waals surface area contributed by atoms with Crippen LogP contribution in [0.5, 0.6) is 5.75 Å². The van der Waals surface area contributed by atoms with Gasteiger partial charge in [-0.3, -0.25) is 0 Å². The second-order valence-electron chi connectivity index (χ2n) is 6.20. The zero-order chi connectivity index (χ0) is 21.7. The number of hydrogen-bond acceptors (Lipinski definition) is 10. The molecular weight excluding hydrogens is 413 g/mol. The third kappa shape index (κ3) is 4.23. The maximum absolute atomic E-state index is 12.1. The Morgan fingerprint density at radius 1 is 1.30 bits per heavy atom. The molecule has 2 aromatic heterocycles. The standard InChI is InChI=1S/C18H19N5O6P/c1-27-18(9-19,10-28-30(26)29-12-5-3-2-4-6-12)16(25)15(24)13-7-8-14-17(20)21-11-22-23(13)14/h2-8,11,15-16,24-25H,10H2,1H3,(H2,20,21,22)/q+1/t15-,16-,18?/m0/s1. The summed E-state index contributed by atoms with van der Waals surface area (Å²) in [6, 6.07) is 13.1. The second-order valence-corrected chi connectivity index (χ2v) is 7.08. The largest absolute Gasteiger partial charge is 0.750 e. The van der Waals surface area contributed by atoms with Crippen molar-refractivity contribution in [1.29, 1.82) is 5.26 Å². The van der Waals surface area contributed by atoms with Crippen LogP contribution in [-0.4, -0.2) is 50.2 Å². The van der Waals surface area contributed by atoms with Gasteiger partial charge in [0.15, 0.2) is 18.2 Å². The maximum atomic E-state index is 12.1. The highest BCUT2D eigenvalue weighted by atomic mass is 31.1. The molecule has 0 radical (unpaired) electrons. The number of para-hydroxylation sites is 1. The van der Waals surface area contributed by atoms with E-state index in [-0.39, 0.29) is 11.5 Å². The van der Waals surface area contributed by atoms with Gasteiger partial charge in [0.2, 0.25) is 5.60 Å². The van der Waals surface area contributed by atoms with Gasteiger partial charge in [-0.25, -0.2) is 14.0 Å². The number of hydrogen-bond donors (Lipinski definition) is 3. The van der Waals surface area contributed by atoms with Crippen molar-refractivity contribution in [2.24, 2.45) is 0 Å². The Kier molecular flexibility index (Phi) is 6.56. The third-order valence-corrected chi connectivity index (χ3v) is 5.15. The summed E-state index contributed by atoms with van der Waals surface area (Å²) in [6.07, 6.45) is -2.21. The Hall–Kier alpha value is -3.13. The highest BCUT2D eigenvalue weighted by Gasteiger charge is 2.47. The molecule has 0 aliphatic heterocycles. The van der Waals surface area contributed by atoms with E-state index in [0.29, 0.717) is 11.3 Å². The number of benzene rings is 1. The zero-order valence-electron chi connectivity index (χ0n) is 15.8. The molecule has 2 unspecified atom stereocenters. The minimum absolute atomic E-state index is 0.146. The van der Waals surface area contributed by atoms with Crippen LogP contribution in [0.1, 0.15) is 11.8 Å². The summed E-state index contributed by atoms with van der Waals surface area (Å²) in [7, 11) is -1.51. The molecule has 4 atom stereocenters. The molecule has 3 aromatic rings. The molecule has 12 heteroatoms. The number of ether oxygens (including phenoxy) is 1. The van der Waals surface area contributed by atoms with Crippen molar-refractivity contribution in [3.8, 4) is 11.8 Å². The molecule has 1 aromatic carbocycles. The number of aliphatic hydroxyl groups excluding tert-OH is 2. The van der Waals surface area contributed by atoms with E-state index in [1.165, 1.54) is 16.9 Å². The molecule has 0 saturated carbocycles. The Bertz CT molecular complexity index is 1070. The minimum atomic E-state index is -2.67. The fraction of sp³-hybridized carbons (Fsp3) is 0.278. The molecular formula is C18H19N5O6P+. The Labute approximate surface area is 172 Å². The molecule has 11 nitrogen and oxygen atoms in total. The van der Waals surface area contributed by atoms with Crippen LogP contribution < -0.4 is 10.3 Å². The lowest BCUT2D eigenvalue weighted by Crippen LogP contribution is -2.50. The number of anilines is 1. The predicted octanol–water partition coefficient (Wildman–Crippen LogP) is 1.37. The summed E-state index contributed by atoms with van der Waals surface area (Å²) in [5.41, 5.74) is 4.28. The molecule has 2 heterocycles. The average Bonchev–Trinajstić information content (AvgIpc) is 3.20. The lowest BCUT2D eigenvalue weighted by molar-refractivity contribution is -0.131. The number of rotatable bonds is 9. The Balaban J connectivity index is 1.77. The van der Waals surface area contributed by atoms with Crippen LogP contribution in [0, 0.1) is 11.3 Å². The number of nitriles is 1. The van der Waals surface area contributed by atoms with Crippen molar-refractivity contribution in [3.05, 3.63) is 54.5 Å². The van der Waals surface area contributed by atoms with Gasteiger partial charge in [-0.2, -0.15) is 10.4 Å². The molecule has 4 N–H and O–H groups in total. The molecule has 3 rings (SSSR count). The van der Waals surface area contributed by atoms with Crippen LogP contribution >= 0.6 is 8.25 Å². The van der Waals surface area contributed by atoms with E-state index in [0.717, 1.165) is 7.11 Å². The molecule has 30 heavy (non-hydrogen) atoms. The molecule has 0 bridgehead atoms. The summed E-state index contributed by atoms with van der Waals surface area (Å²) >= 11 is 0. The molecule has 0 amide bonds. The minimum Gasteiger partial charge on any atom is -0.386 e. The molecule has 0 aliphatic rings. The van der Waals surface area contributed by atoms with Crippen LogP contribution in [0.3, 0.4) is 0 Å². The third-order valence-electron chi connectivity index (χ3n) is 4.45. The monoisotopic (exact) mass is 432 g/mol. The lowest BCUT2D eigenvalue weighted by Gasteiger charge is -2.30. The van der Waals surface area contributed by atoms with Crippen LogP contribution in [0.2, 0.25) is 0 Å². The first-order chi connectivity index (χ1) is 14.4.